The zero-order valence-corrected chi connectivity index (χ0v) is 12.3. The van der Waals surface area contributed by atoms with Gasteiger partial charge in [-0.15, -0.1) is 0 Å². The van der Waals surface area contributed by atoms with E-state index in [1.54, 1.807) is 0 Å². The molecule has 0 radical (unpaired) electrons. The quantitative estimate of drug-likeness (QED) is 0.718. The molecular formula is C15H27NO3. The minimum absolute atomic E-state index is 0.230. The van der Waals surface area contributed by atoms with Crippen LogP contribution >= 0.6 is 0 Å². The van der Waals surface area contributed by atoms with Gasteiger partial charge in [0.1, 0.15) is 0 Å². The fraction of sp³-hybridized carbons (Fsp3) is 0.933. The van der Waals surface area contributed by atoms with Crippen molar-refractivity contribution in [3.63, 3.8) is 0 Å². The Bertz CT molecular complexity index is 308. The van der Waals surface area contributed by atoms with Gasteiger partial charge in [0.25, 0.3) is 0 Å². The summed E-state index contributed by atoms with van der Waals surface area (Å²) in [6.07, 6.45) is 6.77. The van der Waals surface area contributed by atoms with Gasteiger partial charge in [-0.1, -0.05) is 6.42 Å². The summed E-state index contributed by atoms with van der Waals surface area (Å²) in [7, 11) is 1.81. The van der Waals surface area contributed by atoms with Crippen LogP contribution in [-0.2, 0) is 14.3 Å². The third-order valence-corrected chi connectivity index (χ3v) is 4.73. The summed E-state index contributed by atoms with van der Waals surface area (Å²) < 4.78 is 11.0. The van der Waals surface area contributed by atoms with Gasteiger partial charge in [-0.3, -0.25) is 4.79 Å². The lowest BCUT2D eigenvalue weighted by Gasteiger charge is -2.43. The van der Waals surface area contributed by atoms with E-state index >= 15 is 0 Å². The summed E-state index contributed by atoms with van der Waals surface area (Å²) in [4.78, 5) is 14.3. The highest BCUT2D eigenvalue weighted by atomic mass is 16.5. The molecule has 0 unspecified atom stereocenters. The van der Waals surface area contributed by atoms with Crippen LogP contribution in [0.4, 0.5) is 0 Å². The molecule has 2 rings (SSSR count). The van der Waals surface area contributed by atoms with E-state index < -0.39 is 0 Å². The highest BCUT2D eigenvalue weighted by molar-refractivity contribution is 5.76. The number of methoxy groups -OCH3 is 1. The van der Waals surface area contributed by atoms with E-state index in [9.17, 15) is 4.79 Å². The molecule has 0 aromatic heterocycles. The number of likely N-dealkylation sites (tertiary alicyclic amines) is 1. The molecule has 1 spiro atoms. The summed E-state index contributed by atoms with van der Waals surface area (Å²) in [6, 6.07) is 0. The van der Waals surface area contributed by atoms with E-state index in [1.807, 2.05) is 18.9 Å². The SMILES string of the molecule is CCOCCC(=O)N1CCC[C@]2(CCC[C@H]2OC)C1. The molecule has 110 valence electrons. The van der Waals surface area contributed by atoms with Gasteiger partial charge in [0, 0.05) is 32.2 Å². The minimum Gasteiger partial charge on any atom is -0.381 e. The predicted octanol–water partition coefficient (Wildman–Crippen LogP) is 2.22. The number of nitrogens with zero attached hydrogens (tertiary/aromatic N) is 1. The molecule has 1 aliphatic heterocycles. The fourth-order valence-electron chi connectivity index (χ4n) is 3.78. The van der Waals surface area contributed by atoms with Gasteiger partial charge in [0.15, 0.2) is 0 Å². The van der Waals surface area contributed by atoms with Crippen molar-refractivity contribution in [1.82, 2.24) is 4.90 Å². The topological polar surface area (TPSA) is 38.8 Å². The van der Waals surface area contributed by atoms with Crippen molar-refractivity contribution in [3.8, 4) is 0 Å². The third kappa shape index (κ3) is 3.29. The predicted molar refractivity (Wildman–Crippen MR) is 74.0 cm³/mol. The number of rotatable bonds is 5. The molecule has 1 saturated carbocycles. The Morgan fingerprint density at radius 2 is 2.16 bits per heavy atom. The first-order valence-electron chi connectivity index (χ1n) is 7.60. The van der Waals surface area contributed by atoms with E-state index in [0.717, 1.165) is 25.9 Å². The van der Waals surface area contributed by atoms with E-state index in [1.165, 1.54) is 19.3 Å². The highest BCUT2D eigenvalue weighted by Crippen LogP contribution is 2.46. The molecule has 0 bridgehead atoms. The number of piperidine rings is 1. The van der Waals surface area contributed by atoms with Crippen LogP contribution < -0.4 is 0 Å². The van der Waals surface area contributed by atoms with Gasteiger partial charge in [-0.2, -0.15) is 0 Å². The van der Waals surface area contributed by atoms with Crippen molar-refractivity contribution >= 4 is 5.91 Å². The number of ether oxygens (including phenoxy) is 2. The van der Waals surface area contributed by atoms with Crippen LogP contribution in [-0.4, -0.2) is 50.3 Å². The molecule has 1 heterocycles. The number of amides is 1. The van der Waals surface area contributed by atoms with Crippen LogP contribution in [0.3, 0.4) is 0 Å². The van der Waals surface area contributed by atoms with Crippen molar-refractivity contribution in [3.05, 3.63) is 0 Å². The fourth-order valence-corrected chi connectivity index (χ4v) is 3.78. The van der Waals surface area contributed by atoms with E-state index in [4.69, 9.17) is 9.47 Å². The Hall–Kier alpha value is -0.610. The average Bonchev–Trinajstić information content (AvgIpc) is 2.81. The van der Waals surface area contributed by atoms with Gasteiger partial charge in [0.2, 0.25) is 5.91 Å². The lowest BCUT2D eigenvalue weighted by Crippen LogP contribution is -2.50. The molecule has 2 atom stereocenters. The zero-order chi connectivity index (χ0) is 13.7. The van der Waals surface area contributed by atoms with Gasteiger partial charge in [-0.05, 0) is 32.6 Å². The largest absolute Gasteiger partial charge is 0.381 e. The molecule has 2 fully saturated rings. The number of hydrogen-bond donors (Lipinski definition) is 0. The molecular weight excluding hydrogens is 242 g/mol. The Morgan fingerprint density at radius 1 is 1.37 bits per heavy atom. The smallest absolute Gasteiger partial charge is 0.224 e. The van der Waals surface area contributed by atoms with Crippen molar-refractivity contribution in [2.45, 2.75) is 51.6 Å². The van der Waals surface area contributed by atoms with E-state index in [2.05, 4.69) is 0 Å². The monoisotopic (exact) mass is 269 g/mol. The van der Waals surface area contributed by atoms with Gasteiger partial charge < -0.3 is 14.4 Å². The first-order chi connectivity index (χ1) is 9.22. The summed E-state index contributed by atoms with van der Waals surface area (Å²) in [5.74, 6) is 0.245. The molecule has 1 amide bonds. The second-order valence-corrected chi connectivity index (χ2v) is 5.84. The van der Waals surface area contributed by atoms with Crippen LogP contribution in [0.2, 0.25) is 0 Å². The number of carbonyl (C=O) groups excluding carboxylic acids is 1. The van der Waals surface area contributed by atoms with Crippen LogP contribution in [0.1, 0.15) is 45.4 Å². The van der Waals surface area contributed by atoms with Crippen LogP contribution in [0, 0.1) is 5.41 Å². The summed E-state index contributed by atoms with van der Waals surface area (Å²) in [5, 5.41) is 0. The molecule has 2 aliphatic rings. The van der Waals surface area contributed by atoms with E-state index in [0.29, 0.717) is 25.7 Å². The average molecular weight is 269 g/mol. The number of carbonyl (C=O) groups is 1. The molecule has 4 nitrogen and oxygen atoms in total. The van der Waals surface area contributed by atoms with Crippen molar-refractivity contribution in [1.29, 1.82) is 0 Å². The van der Waals surface area contributed by atoms with Crippen LogP contribution in [0.15, 0.2) is 0 Å². The highest BCUT2D eigenvalue weighted by Gasteiger charge is 2.46. The van der Waals surface area contributed by atoms with Gasteiger partial charge in [0.05, 0.1) is 19.1 Å². The standard InChI is InChI=1S/C15H27NO3/c1-3-19-11-7-14(17)16-10-5-9-15(12-16)8-4-6-13(15)18-2/h13H,3-12H2,1-2H3/t13-,15-/m1/s1. The zero-order valence-electron chi connectivity index (χ0n) is 12.3. The summed E-state index contributed by atoms with van der Waals surface area (Å²) >= 11 is 0. The molecule has 0 N–H and O–H groups in total. The van der Waals surface area contributed by atoms with Gasteiger partial charge >= 0.3 is 0 Å². The molecule has 0 aromatic carbocycles. The summed E-state index contributed by atoms with van der Waals surface area (Å²) in [5.41, 5.74) is 0.230. The van der Waals surface area contributed by atoms with Crippen molar-refractivity contribution < 1.29 is 14.3 Å². The van der Waals surface area contributed by atoms with Crippen LogP contribution in [0.5, 0.6) is 0 Å². The lowest BCUT2D eigenvalue weighted by molar-refractivity contribution is -0.138. The molecule has 4 heteroatoms. The van der Waals surface area contributed by atoms with Gasteiger partial charge in [-0.25, -0.2) is 0 Å². The normalized spacial score (nSPS) is 31.1. The summed E-state index contributed by atoms with van der Waals surface area (Å²) in [6.45, 7) is 4.98. The maximum absolute atomic E-state index is 12.2. The second-order valence-electron chi connectivity index (χ2n) is 5.84. The van der Waals surface area contributed by atoms with E-state index in [-0.39, 0.29) is 11.3 Å². The molecule has 1 saturated heterocycles. The Morgan fingerprint density at radius 3 is 2.89 bits per heavy atom. The molecule has 19 heavy (non-hydrogen) atoms. The first kappa shape index (κ1) is 14.8. The van der Waals surface area contributed by atoms with Crippen molar-refractivity contribution in [2.24, 2.45) is 5.41 Å². The number of hydrogen-bond acceptors (Lipinski definition) is 3. The Balaban J connectivity index is 1.91. The second kappa shape index (κ2) is 6.71. The minimum atomic E-state index is 0.230. The Kier molecular flexibility index (Phi) is 5.22. The Labute approximate surface area is 116 Å². The molecule has 1 aliphatic carbocycles. The third-order valence-electron chi connectivity index (χ3n) is 4.73. The molecule has 0 aromatic rings. The maximum atomic E-state index is 12.2. The van der Waals surface area contributed by atoms with Crippen LogP contribution in [0.25, 0.3) is 0 Å². The van der Waals surface area contributed by atoms with Crippen molar-refractivity contribution in [2.75, 3.05) is 33.4 Å². The lowest BCUT2D eigenvalue weighted by atomic mass is 9.76. The first-order valence-corrected chi connectivity index (χ1v) is 7.60. The maximum Gasteiger partial charge on any atom is 0.224 e.